The molecular weight excluding hydrogens is 438 g/mol. The van der Waals surface area contributed by atoms with E-state index in [4.69, 9.17) is 4.74 Å². The summed E-state index contributed by atoms with van der Waals surface area (Å²) in [5, 5.41) is 12.6. The van der Waals surface area contributed by atoms with Crippen molar-refractivity contribution in [1.29, 1.82) is 0 Å². The van der Waals surface area contributed by atoms with Gasteiger partial charge in [-0.3, -0.25) is 14.2 Å². The average molecular weight is 472 g/mol. The quantitative estimate of drug-likeness (QED) is 0.575. The molecule has 2 N–H and O–H groups in total. The number of carboxylic acids is 1. The van der Waals surface area contributed by atoms with E-state index in [2.05, 4.69) is 5.32 Å². The molecule has 0 aliphatic heterocycles. The maximum atomic E-state index is 13.1. The van der Waals surface area contributed by atoms with Crippen LogP contribution >= 0.6 is 0 Å². The minimum Gasteiger partial charge on any atom is -0.480 e. The average Bonchev–Trinajstić information content (AvgIpc) is 3.29. The number of aryl methyl sites for hydroxylation is 2. The normalized spacial score (nSPS) is 15.8. The van der Waals surface area contributed by atoms with Gasteiger partial charge in [0.1, 0.15) is 6.04 Å². The van der Waals surface area contributed by atoms with Gasteiger partial charge in [-0.15, -0.1) is 0 Å². The third kappa shape index (κ3) is 5.14. The summed E-state index contributed by atoms with van der Waals surface area (Å²) in [5.74, 6) is -1.32. The predicted molar refractivity (Wildman–Crippen MR) is 128 cm³/mol. The van der Waals surface area contributed by atoms with Gasteiger partial charge < -0.3 is 19.7 Å². The summed E-state index contributed by atoms with van der Waals surface area (Å²) < 4.78 is 7.58. The lowest BCUT2D eigenvalue weighted by Crippen LogP contribution is -2.49. The lowest BCUT2D eigenvalue weighted by Gasteiger charge is -2.29. The first kappa shape index (κ1) is 25.4. The van der Waals surface area contributed by atoms with E-state index in [1.807, 2.05) is 13.0 Å². The molecule has 184 valence electrons. The maximum Gasteiger partial charge on any atom is 0.330 e. The third-order valence-electron chi connectivity index (χ3n) is 6.90. The zero-order valence-electron chi connectivity index (χ0n) is 20.2. The molecule has 1 fully saturated rings. The van der Waals surface area contributed by atoms with Gasteiger partial charge in [0, 0.05) is 40.4 Å². The fourth-order valence-electron chi connectivity index (χ4n) is 4.83. The number of hydrogen-bond donors (Lipinski definition) is 2. The van der Waals surface area contributed by atoms with Gasteiger partial charge in [-0.2, -0.15) is 0 Å². The molecule has 1 aliphatic carbocycles. The molecule has 9 heteroatoms. The smallest absolute Gasteiger partial charge is 0.330 e. The van der Waals surface area contributed by atoms with Crippen LogP contribution in [0.2, 0.25) is 0 Å². The fourth-order valence-corrected chi connectivity index (χ4v) is 4.83. The van der Waals surface area contributed by atoms with E-state index in [9.17, 15) is 24.3 Å². The van der Waals surface area contributed by atoms with Crippen molar-refractivity contribution >= 4 is 11.9 Å². The van der Waals surface area contributed by atoms with Crippen LogP contribution in [0, 0.1) is 12.3 Å². The summed E-state index contributed by atoms with van der Waals surface area (Å²) in [6.07, 6.45) is 5.56. The first-order valence-corrected chi connectivity index (χ1v) is 11.5. The summed E-state index contributed by atoms with van der Waals surface area (Å²) in [7, 11) is 4.61. The molecule has 1 amide bonds. The van der Waals surface area contributed by atoms with Crippen LogP contribution in [0.4, 0.5) is 0 Å². The van der Waals surface area contributed by atoms with Crippen LogP contribution < -0.4 is 16.6 Å². The number of carbonyl (C=O) groups excluding carboxylic acids is 1. The van der Waals surface area contributed by atoms with Crippen LogP contribution in [0.5, 0.6) is 0 Å². The number of nitrogens with zero attached hydrogens (tertiary/aromatic N) is 2. The third-order valence-corrected chi connectivity index (χ3v) is 6.90. The summed E-state index contributed by atoms with van der Waals surface area (Å²) in [6.45, 7) is 2.28. The van der Waals surface area contributed by atoms with Gasteiger partial charge in [0.15, 0.2) is 0 Å². The van der Waals surface area contributed by atoms with Crippen LogP contribution in [-0.2, 0) is 34.8 Å². The van der Waals surface area contributed by atoms with Crippen LogP contribution in [0.15, 0.2) is 34.0 Å². The Morgan fingerprint density at radius 3 is 2.44 bits per heavy atom. The minimum absolute atomic E-state index is 0.119. The minimum atomic E-state index is -1.10. The Morgan fingerprint density at radius 1 is 1.18 bits per heavy atom. The number of methoxy groups -OCH3 is 1. The van der Waals surface area contributed by atoms with Gasteiger partial charge in [-0.05, 0) is 42.9 Å². The van der Waals surface area contributed by atoms with Gasteiger partial charge in [0.2, 0.25) is 5.91 Å². The first-order valence-electron chi connectivity index (χ1n) is 11.5. The number of carbonyl (C=O) groups is 2. The van der Waals surface area contributed by atoms with Crippen molar-refractivity contribution < 1.29 is 19.4 Å². The van der Waals surface area contributed by atoms with E-state index >= 15 is 0 Å². The van der Waals surface area contributed by atoms with Gasteiger partial charge in [0.25, 0.3) is 5.56 Å². The molecule has 3 rings (SSSR count). The molecule has 1 aromatic carbocycles. The van der Waals surface area contributed by atoms with Crippen molar-refractivity contribution in [1.82, 2.24) is 14.5 Å². The lowest BCUT2D eigenvalue weighted by atomic mass is 9.81. The molecule has 2 aromatic rings. The molecule has 9 nitrogen and oxygen atoms in total. The van der Waals surface area contributed by atoms with Crippen LogP contribution in [0.1, 0.15) is 43.2 Å². The second-order valence-electron chi connectivity index (χ2n) is 9.25. The van der Waals surface area contributed by atoms with E-state index in [0.717, 1.165) is 41.4 Å². The Bertz CT molecular complexity index is 1190. The Labute approximate surface area is 198 Å². The Kier molecular flexibility index (Phi) is 7.76. The van der Waals surface area contributed by atoms with E-state index in [0.29, 0.717) is 24.2 Å². The Balaban J connectivity index is 1.83. The lowest BCUT2D eigenvalue weighted by molar-refractivity contribution is -0.144. The number of aliphatic carboxylic acids is 1. The van der Waals surface area contributed by atoms with Gasteiger partial charge in [0.05, 0.1) is 11.0 Å². The van der Waals surface area contributed by atoms with E-state index in [1.54, 1.807) is 26.3 Å². The van der Waals surface area contributed by atoms with E-state index in [-0.39, 0.29) is 12.3 Å². The molecular formula is C25H33N3O6. The van der Waals surface area contributed by atoms with Crippen molar-refractivity contribution in [3.05, 3.63) is 56.4 Å². The molecule has 0 saturated heterocycles. The molecule has 1 aliphatic rings. The zero-order valence-corrected chi connectivity index (χ0v) is 20.2. The number of amides is 1. The monoisotopic (exact) mass is 471 g/mol. The van der Waals surface area contributed by atoms with Gasteiger partial charge in [-0.1, -0.05) is 31.0 Å². The first-order chi connectivity index (χ1) is 16.1. The van der Waals surface area contributed by atoms with Crippen molar-refractivity contribution in [2.75, 3.05) is 13.7 Å². The fraction of sp³-hybridized carbons (Fsp3) is 0.520. The van der Waals surface area contributed by atoms with Gasteiger partial charge >= 0.3 is 11.7 Å². The molecule has 0 spiro atoms. The molecule has 1 aromatic heterocycles. The Morgan fingerprint density at radius 2 is 1.85 bits per heavy atom. The molecule has 0 unspecified atom stereocenters. The molecule has 34 heavy (non-hydrogen) atoms. The van der Waals surface area contributed by atoms with Crippen LogP contribution in [0.3, 0.4) is 0 Å². The highest BCUT2D eigenvalue weighted by Crippen LogP contribution is 2.41. The van der Waals surface area contributed by atoms with Crippen molar-refractivity contribution in [3.63, 3.8) is 0 Å². The van der Waals surface area contributed by atoms with Crippen LogP contribution in [-0.4, -0.2) is 45.9 Å². The summed E-state index contributed by atoms with van der Waals surface area (Å²) in [5.41, 5.74) is 1.18. The topological polar surface area (TPSA) is 120 Å². The van der Waals surface area contributed by atoms with Crippen molar-refractivity contribution in [2.24, 2.45) is 19.5 Å². The standard InChI is InChI=1S/C25H33N3O6/c1-16-13-17(7-8-18(16)19-15-27(2)24(33)28(3)21(19)29)14-20(22(30)31)26-23(32)25(11-12-34-4)9-5-6-10-25/h7-8,13,15,20H,5-6,9-12,14H2,1-4H3,(H,26,32)(H,30,31)/t20-/m0/s1. The molecule has 1 saturated carbocycles. The van der Waals surface area contributed by atoms with E-state index < -0.39 is 28.7 Å². The number of nitrogens with one attached hydrogen (secondary N) is 1. The highest BCUT2D eigenvalue weighted by atomic mass is 16.5. The molecule has 0 bridgehead atoms. The SMILES string of the molecule is COCCC1(C(=O)N[C@@H](Cc2ccc(-c3cn(C)c(=O)n(C)c3=O)c(C)c2)C(=O)O)CCCC1. The van der Waals surface area contributed by atoms with Crippen LogP contribution in [0.25, 0.3) is 11.1 Å². The molecule has 1 heterocycles. The number of hydrogen-bond acceptors (Lipinski definition) is 5. The zero-order chi connectivity index (χ0) is 25.0. The second kappa shape index (κ2) is 10.4. The number of benzene rings is 1. The largest absolute Gasteiger partial charge is 0.480 e. The summed E-state index contributed by atoms with van der Waals surface area (Å²) >= 11 is 0. The summed E-state index contributed by atoms with van der Waals surface area (Å²) in [6, 6.07) is 4.26. The highest BCUT2D eigenvalue weighted by molar-refractivity contribution is 5.88. The van der Waals surface area contributed by atoms with Crippen molar-refractivity contribution in [2.45, 2.75) is 51.5 Å². The van der Waals surface area contributed by atoms with Gasteiger partial charge in [-0.25, -0.2) is 9.59 Å². The number of aromatic nitrogens is 2. The Hall–Kier alpha value is -3.20. The van der Waals surface area contributed by atoms with E-state index in [1.165, 1.54) is 17.8 Å². The second-order valence-corrected chi connectivity index (χ2v) is 9.25. The number of ether oxygens (including phenoxy) is 1. The molecule has 0 radical (unpaired) electrons. The summed E-state index contributed by atoms with van der Waals surface area (Å²) in [4.78, 5) is 49.7. The molecule has 1 atom stereocenters. The number of rotatable bonds is 9. The number of carboxylic acid groups (broad SMARTS) is 1. The maximum absolute atomic E-state index is 13.1. The predicted octanol–water partition coefficient (Wildman–Crippen LogP) is 1.77. The van der Waals surface area contributed by atoms with Crippen molar-refractivity contribution in [3.8, 4) is 11.1 Å². The highest BCUT2D eigenvalue weighted by Gasteiger charge is 2.42.